The highest BCUT2D eigenvalue weighted by atomic mass is 32.1. The van der Waals surface area contributed by atoms with Gasteiger partial charge in [-0.05, 0) is 43.4 Å². The third kappa shape index (κ3) is 5.43. The lowest BCUT2D eigenvalue weighted by Crippen LogP contribution is -2.39. The zero-order valence-corrected chi connectivity index (χ0v) is 22.1. The quantitative estimate of drug-likeness (QED) is 0.375. The predicted molar refractivity (Wildman–Crippen MR) is 145 cm³/mol. The number of carbonyl (C=O) groups is 2. The van der Waals surface area contributed by atoms with Crippen LogP contribution in [-0.2, 0) is 6.61 Å². The molecule has 0 saturated carbocycles. The second-order valence-electron chi connectivity index (χ2n) is 9.56. The Bertz CT molecular complexity index is 1530. The number of nitrogens with one attached hydrogen (secondary N) is 2. The summed E-state index contributed by atoms with van der Waals surface area (Å²) in [7, 11) is 5.36. The number of pyridine rings is 1. The number of aromatic amines is 1. The summed E-state index contributed by atoms with van der Waals surface area (Å²) < 4.78 is 6.02. The van der Waals surface area contributed by atoms with Crippen LogP contribution in [0.2, 0.25) is 0 Å². The first-order valence-corrected chi connectivity index (χ1v) is 13.0. The van der Waals surface area contributed by atoms with Gasteiger partial charge in [-0.2, -0.15) is 5.10 Å². The normalized spacial score (nSPS) is 17.4. The Kier molecular flexibility index (Phi) is 7.21. The van der Waals surface area contributed by atoms with E-state index in [1.807, 2.05) is 31.3 Å². The van der Waals surface area contributed by atoms with Crippen molar-refractivity contribution in [2.24, 2.45) is 0 Å². The minimum atomic E-state index is -0.199. The molecule has 0 unspecified atom stereocenters. The molecule has 0 radical (unpaired) electrons. The van der Waals surface area contributed by atoms with Crippen molar-refractivity contribution < 1.29 is 14.3 Å². The monoisotopic (exact) mass is 532 g/mol. The highest BCUT2D eigenvalue weighted by molar-refractivity contribution is 7.08. The number of amides is 2. The van der Waals surface area contributed by atoms with Crippen LogP contribution in [0.1, 0.15) is 37.3 Å². The van der Waals surface area contributed by atoms with Crippen molar-refractivity contribution in [3.63, 3.8) is 0 Å². The highest BCUT2D eigenvalue weighted by Gasteiger charge is 2.35. The van der Waals surface area contributed by atoms with Crippen molar-refractivity contribution in [1.29, 1.82) is 0 Å². The molecule has 2 amide bonds. The van der Waals surface area contributed by atoms with Gasteiger partial charge in [0, 0.05) is 49.6 Å². The third-order valence-electron chi connectivity index (χ3n) is 6.53. The van der Waals surface area contributed by atoms with Crippen LogP contribution in [0.4, 0.5) is 0 Å². The van der Waals surface area contributed by atoms with Gasteiger partial charge in [-0.25, -0.2) is 10.1 Å². The van der Waals surface area contributed by atoms with Crippen LogP contribution < -0.4 is 14.9 Å². The number of H-pyrrole nitrogens is 1. The summed E-state index contributed by atoms with van der Waals surface area (Å²) in [6, 6.07) is 16.2. The van der Waals surface area contributed by atoms with E-state index >= 15 is 0 Å². The Morgan fingerprint density at radius 3 is 2.63 bits per heavy atom. The molecule has 3 heterocycles. The predicted octanol–water partition coefficient (Wildman–Crippen LogP) is 2.49. The van der Waals surface area contributed by atoms with E-state index in [0.29, 0.717) is 35.1 Å². The number of likely N-dealkylation sites (tertiary alicyclic amines) is 1. The lowest BCUT2D eigenvalue weighted by molar-refractivity contribution is 0.0821. The largest absolute Gasteiger partial charge is 0.489 e. The first-order valence-electron chi connectivity index (χ1n) is 12.2. The number of ether oxygens (including phenoxy) is 1. The number of hydrogen-bond acceptors (Lipinski definition) is 8. The number of rotatable bonds is 7. The fourth-order valence-corrected chi connectivity index (χ4v) is 5.38. The summed E-state index contributed by atoms with van der Waals surface area (Å²) in [6.07, 6.45) is 0. The van der Waals surface area contributed by atoms with Gasteiger partial charge < -0.3 is 19.9 Å². The van der Waals surface area contributed by atoms with Gasteiger partial charge in [0.1, 0.15) is 23.1 Å². The molecule has 2 aromatic carbocycles. The molecule has 2 N–H and O–H groups in total. The van der Waals surface area contributed by atoms with E-state index in [0.717, 1.165) is 27.8 Å². The lowest BCUT2D eigenvalue weighted by Gasteiger charge is -2.18. The van der Waals surface area contributed by atoms with Gasteiger partial charge in [0.25, 0.3) is 11.8 Å². The first-order chi connectivity index (χ1) is 18.3. The van der Waals surface area contributed by atoms with Crippen LogP contribution in [0.15, 0.2) is 59.4 Å². The van der Waals surface area contributed by atoms with Crippen molar-refractivity contribution in [3.8, 4) is 5.75 Å². The van der Waals surface area contributed by atoms with Crippen LogP contribution in [0, 0.1) is 0 Å². The molecule has 0 bridgehead atoms. The van der Waals surface area contributed by atoms with Crippen LogP contribution in [0.5, 0.6) is 5.75 Å². The van der Waals surface area contributed by atoms with Gasteiger partial charge in [-0.3, -0.25) is 14.4 Å². The SMILES string of the molecule is CN1C[C@H](c2n[nH]c(=O)s2)[C@H](NC(=O)c2ccc(OCc3cc(C(=O)N(C)C)nc4ccccc34)cc2)C1. The van der Waals surface area contributed by atoms with Crippen molar-refractivity contribution in [2.75, 3.05) is 34.2 Å². The average Bonchev–Trinajstić information content (AvgIpc) is 3.51. The lowest BCUT2D eigenvalue weighted by atomic mass is 10.0. The number of carbonyl (C=O) groups excluding carboxylic acids is 2. The van der Waals surface area contributed by atoms with Crippen molar-refractivity contribution in [2.45, 2.75) is 18.6 Å². The Morgan fingerprint density at radius 1 is 1.16 bits per heavy atom. The molecule has 10 nitrogen and oxygen atoms in total. The third-order valence-corrected chi connectivity index (χ3v) is 7.41. The highest BCUT2D eigenvalue weighted by Crippen LogP contribution is 2.27. The van der Waals surface area contributed by atoms with Crippen molar-refractivity contribution in [3.05, 3.63) is 86.1 Å². The molecule has 1 saturated heterocycles. The van der Waals surface area contributed by atoms with Crippen molar-refractivity contribution in [1.82, 2.24) is 30.3 Å². The van der Waals surface area contributed by atoms with E-state index in [4.69, 9.17) is 4.74 Å². The summed E-state index contributed by atoms with van der Waals surface area (Å²) in [6.45, 7) is 1.62. The average molecular weight is 533 g/mol. The van der Waals surface area contributed by atoms with Crippen LogP contribution in [0.3, 0.4) is 0 Å². The molecule has 4 aromatic rings. The Hall–Kier alpha value is -4.09. The Morgan fingerprint density at radius 2 is 1.92 bits per heavy atom. The Labute approximate surface area is 223 Å². The minimum absolute atomic E-state index is 0.0463. The molecule has 0 aliphatic carbocycles. The number of fused-ring (bicyclic) bond motifs is 1. The second-order valence-corrected chi connectivity index (χ2v) is 10.5. The van der Waals surface area contributed by atoms with E-state index in [1.54, 1.807) is 44.4 Å². The molecular weight excluding hydrogens is 504 g/mol. The molecule has 11 heteroatoms. The number of hydrogen-bond donors (Lipinski definition) is 2. The molecule has 2 atom stereocenters. The van der Waals surface area contributed by atoms with E-state index < -0.39 is 0 Å². The summed E-state index contributed by atoms with van der Waals surface area (Å²) in [5, 5.41) is 11.3. The number of nitrogens with zero attached hydrogens (tertiary/aromatic N) is 4. The maximum Gasteiger partial charge on any atom is 0.322 e. The summed E-state index contributed by atoms with van der Waals surface area (Å²) in [5.74, 6) is 0.180. The minimum Gasteiger partial charge on any atom is -0.489 e. The van der Waals surface area contributed by atoms with Gasteiger partial charge in [-0.1, -0.05) is 29.5 Å². The maximum absolute atomic E-state index is 13.0. The molecule has 2 aromatic heterocycles. The summed E-state index contributed by atoms with van der Waals surface area (Å²) >= 11 is 1.08. The number of benzene rings is 2. The molecule has 38 heavy (non-hydrogen) atoms. The summed E-state index contributed by atoms with van der Waals surface area (Å²) in [5.41, 5.74) is 2.44. The van der Waals surface area contributed by atoms with Gasteiger partial charge in [-0.15, -0.1) is 0 Å². The fraction of sp³-hybridized carbons (Fsp3) is 0.296. The van der Waals surface area contributed by atoms with Crippen LogP contribution in [-0.4, -0.2) is 77.1 Å². The topological polar surface area (TPSA) is 121 Å². The van der Waals surface area contributed by atoms with E-state index in [1.165, 1.54) is 4.90 Å². The molecule has 1 aliphatic heterocycles. The molecule has 0 spiro atoms. The number of aromatic nitrogens is 3. The van der Waals surface area contributed by atoms with Gasteiger partial charge in [0.2, 0.25) is 0 Å². The second kappa shape index (κ2) is 10.7. The standard InChI is InChI=1S/C27H28N6O4S/c1-32(2)26(35)22-12-17(19-6-4-5-7-21(19)28-22)15-37-18-10-8-16(9-11-18)24(34)29-23-14-33(3)13-20(23)25-30-31-27(36)38-25/h4-12,20,23H,13-15H2,1-3H3,(H,29,34)(H,31,36)/t20-,23+/m0/s1. The Balaban J connectivity index is 1.27. The molecule has 1 fully saturated rings. The number of likely N-dealkylation sites (N-methyl/N-ethyl adjacent to an activating group) is 1. The van der Waals surface area contributed by atoms with Crippen LogP contribution >= 0.6 is 11.3 Å². The smallest absolute Gasteiger partial charge is 0.322 e. The van der Waals surface area contributed by atoms with E-state index in [-0.39, 0.29) is 35.3 Å². The molecule has 196 valence electrons. The van der Waals surface area contributed by atoms with E-state index in [2.05, 4.69) is 25.4 Å². The van der Waals surface area contributed by atoms with Gasteiger partial charge >= 0.3 is 4.87 Å². The molecule has 5 rings (SSSR count). The van der Waals surface area contributed by atoms with Crippen LogP contribution in [0.25, 0.3) is 10.9 Å². The van der Waals surface area contributed by atoms with Crippen molar-refractivity contribution >= 4 is 34.1 Å². The molecular formula is C27H28N6O4S. The summed E-state index contributed by atoms with van der Waals surface area (Å²) in [4.78, 5) is 45.0. The zero-order chi connectivity index (χ0) is 26.8. The number of para-hydroxylation sites is 1. The van der Waals surface area contributed by atoms with Gasteiger partial charge in [0.15, 0.2) is 0 Å². The maximum atomic E-state index is 13.0. The fourth-order valence-electron chi connectivity index (χ4n) is 4.62. The first kappa shape index (κ1) is 25.6. The zero-order valence-electron chi connectivity index (χ0n) is 21.3. The van der Waals surface area contributed by atoms with Gasteiger partial charge in [0.05, 0.1) is 11.6 Å². The van der Waals surface area contributed by atoms with E-state index in [9.17, 15) is 14.4 Å². The molecule has 1 aliphatic rings.